The van der Waals surface area contributed by atoms with Crippen LogP contribution in [0.25, 0.3) is 0 Å². The highest BCUT2D eigenvalue weighted by Gasteiger charge is 2.29. The monoisotopic (exact) mass is 352 g/mol. The third-order valence-electron chi connectivity index (χ3n) is 4.25. The molecule has 136 valence electrons. The molecule has 1 atom stereocenters. The number of likely N-dealkylation sites (tertiary alicyclic amines) is 1. The number of aliphatic carboxylic acids is 1. The minimum atomic E-state index is -0.946. The van der Waals surface area contributed by atoms with E-state index in [9.17, 15) is 24.0 Å². The summed E-state index contributed by atoms with van der Waals surface area (Å²) >= 11 is 0. The Balaban J connectivity index is 2.07. The first-order chi connectivity index (χ1) is 11.7. The van der Waals surface area contributed by atoms with Gasteiger partial charge < -0.3 is 19.9 Å². The molecule has 1 aromatic rings. The number of likely N-dealkylation sites (N-methyl/N-ethyl adjacent to an activating group) is 1. The maximum Gasteiger partial charge on any atom is 0.328 e. The molecule has 1 aliphatic heterocycles. The second-order valence-electron chi connectivity index (χ2n) is 6.05. The van der Waals surface area contributed by atoms with Crippen molar-refractivity contribution in [1.82, 2.24) is 19.4 Å². The van der Waals surface area contributed by atoms with Gasteiger partial charge in [-0.3, -0.25) is 23.7 Å². The molecule has 0 bridgehead atoms. The van der Waals surface area contributed by atoms with Gasteiger partial charge in [-0.15, -0.1) is 0 Å². The van der Waals surface area contributed by atoms with Gasteiger partial charge in [0.2, 0.25) is 5.91 Å². The fraction of sp³-hybridized carbons (Fsp3) is 0.533. The number of H-pyrrole nitrogens is 1. The Kier molecular flexibility index (Phi) is 5.40. The van der Waals surface area contributed by atoms with Crippen molar-refractivity contribution in [3.8, 4) is 0 Å². The van der Waals surface area contributed by atoms with E-state index in [1.807, 2.05) is 0 Å². The largest absolute Gasteiger partial charge is 0.481 e. The van der Waals surface area contributed by atoms with E-state index in [0.29, 0.717) is 19.4 Å². The SMILES string of the molecule is CN(CC(=O)N1CCCC(C(=O)O)C1)C(=O)c1c[nH]c(=O)n(C)c1=O. The summed E-state index contributed by atoms with van der Waals surface area (Å²) < 4.78 is 0.769. The number of carboxylic acids is 1. The lowest BCUT2D eigenvalue weighted by atomic mass is 9.98. The number of hydrogen-bond acceptors (Lipinski definition) is 5. The molecule has 1 unspecified atom stereocenters. The van der Waals surface area contributed by atoms with Crippen molar-refractivity contribution < 1.29 is 19.5 Å². The zero-order chi connectivity index (χ0) is 18.7. The van der Waals surface area contributed by atoms with Crippen LogP contribution in [0.1, 0.15) is 23.2 Å². The van der Waals surface area contributed by atoms with Gasteiger partial charge in [0.1, 0.15) is 5.56 Å². The molecule has 0 aromatic carbocycles. The molecular weight excluding hydrogens is 332 g/mol. The fourth-order valence-corrected chi connectivity index (χ4v) is 2.70. The Morgan fingerprint density at radius 3 is 2.68 bits per heavy atom. The van der Waals surface area contributed by atoms with Gasteiger partial charge in [-0.1, -0.05) is 0 Å². The van der Waals surface area contributed by atoms with Crippen molar-refractivity contribution in [2.24, 2.45) is 13.0 Å². The standard InChI is InChI=1S/C15H20N4O6/c1-17(12(21)10-6-16-15(25)18(2)13(10)22)8-11(20)19-5-3-4-9(7-19)14(23)24/h6,9H,3-5,7-8H2,1-2H3,(H,16,25)(H,23,24). The first kappa shape index (κ1) is 18.4. The molecule has 10 nitrogen and oxygen atoms in total. The number of nitrogens with zero attached hydrogens (tertiary/aromatic N) is 3. The van der Waals surface area contributed by atoms with Crippen LogP contribution in [0.2, 0.25) is 0 Å². The van der Waals surface area contributed by atoms with Crippen LogP contribution in [-0.4, -0.2) is 68.9 Å². The zero-order valence-electron chi connectivity index (χ0n) is 14.0. The molecule has 0 saturated carbocycles. The van der Waals surface area contributed by atoms with Gasteiger partial charge in [-0.05, 0) is 12.8 Å². The summed E-state index contributed by atoms with van der Waals surface area (Å²) in [6, 6.07) is 0. The van der Waals surface area contributed by atoms with Crippen molar-refractivity contribution in [3.63, 3.8) is 0 Å². The Bertz CT molecular complexity index is 811. The number of nitrogens with one attached hydrogen (secondary N) is 1. The molecule has 1 fully saturated rings. The third-order valence-corrected chi connectivity index (χ3v) is 4.25. The topological polar surface area (TPSA) is 133 Å². The first-order valence-corrected chi connectivity index (χ1v) is 7.77. The van der Waals surface area contributed by atoms with Gasteiger partial charge in [-0.25, -0.2) is 4.79 Å². The Morgan fingerprint density at radius 2 is 2.04 bits per heavy atom. The molecule has 2 N–H and O–H groups in total. The highest BCUT2D eigenvalue weighted by molar-refractivity contribution is 5.95. The highest BCUT2D eigenvalue weighted by atomic mass is 16.4. The molecule has 1 aliphatic rings. The van der Waals surface area contributed by atoms with E-state index < -0.39 is 29.0 Å². The van der Waals surface area contributed by atoms with Gasteiger partial charge >= 0.3 is 11.7 Å². The van der Waals surface area contributed by atoms with E-state index >= 15 is 0 Å². The average molecular weight is 352 g/mol. The van der Waals surface area contributed by atoms with Crippen LogP contribution in [0.4, 0.5) is 0 Å². The average Bonchev–Trinajstić information content (AvgIpc) is 2.59. The molecule has 0 spiro atoms. The van der Waals surface area contributed by atoms with Crippen LogP contribution in [0.3, 0.4) is 0 Å². The van der Waals surface area contributed by atoms with Gasteiger partial charge in [0.25, 0.3) is 11.5 Å². The van der Waals surface area contributed by atoms with E-state index in [-0.39, 0.29) is 24.6 Å². The predicted octanol–water partition coefficient (Wildman–Crippen LogP) is -1.53. The normalized spacial score (nSPS) is 17.2. The van der Waals surface area contributed by atoms with Crippen LogP contribution in [0, 0.1) is 5.92 Å². The van der Waals surface area contributed by atoms with E-state index in [1.165, 1.54) is 19.0 Å². The van der Waals surface area contributed by atoms with Crippen LogP contribution in [0.5, 0.6) is 0 Å². The lowest BCUT2D eigenvalue weighted by molar-refractivity contribution is -0.145. The quantitative estimate of drug-likeness (QED) is 0.675. The third kappa shape index (κ3) is 3.95. The highest BCUT2D eigenvalue weighted by Crippen LogP contribution is 2.16. The van der Waals surface area contributed by atoms with Crippen molar-refractivity contribution in [3.05, 3.63) is 32.6 Å². The number of aromatic amines is 1. The van der Waals surface area contributed by atoms with E-state index in [2.05, 4.69) is 4.98 Å². The summed E-state index contributed by atoms with van der Waals surface area (Å²) in [4.78, 5) is 63.8. The van der Waals surface area contributed by atoms with E-state index in [0.717, 1.165) is 15.7 Å². The summed E-state index contributed by atoms with van der Waals surface area (Å²) in [6.45, 7) is 0.259. The lowest BCUT2D eigenvalue weighted by Crippen LogP contribution is -2.47. The number of rotatable bonds is 4. The minimum absolute atomic E-state index is 0.108. The van der Waals surface area contributed by atoms with Crippen molar-refractivity contribution in [2.45, 2.75) is 12.8 Å². The Labute approximate surface area is 142 Å². The smallest absolute Gasteiger partial charge is 0.328 e. The maximum atomic E-state index is 12.3. The predicted molar refractivity (Wildman–Crippen MR) is 86.2 cm³/mol. The van der Waals surface area contributed by atoms with Crippen molar-refractivity contribution in [2.75, 3.05) is 26.7 Å². The molecular formula is C15H20N4O6. The van der Waals surface area contributed by atoms with Gasteiger partial charge in [0.05, 0.1) is 12.5 Å². The van der Waals surface area contributed by atoms with E-state index in [4.69, 9.17) is 5.11 Å². The van der Waals surface area contributed by atoms with Crippen LogP contribution in [0.15, 0.2) is 15.8 Å². The number of carbonyl (C=O) groups is 3. The summed E-state index contributed by atoms with van der Waals surface area (Å²) in [5.74, 6) is -2.64. The number of aromatic nitrogens is 2. The Morgan fingerprint density at radius 1 is 1.36 bits per heavy atom. The second kappa shape index (κ2) is 7.32. The molecule has 2 amide bonds. The van der Waals surface area contributed by atoms with Gasteiger partial charge in [-0.2, -0.15) is 0 Å². The molecule has 1 aromatic heterocycles. The second-order valence-corrected chi connectivity index (χ2v) is 6.05. The van der Waals surface area contributed by atoms with Crippen LogP contribution < -0.4 is 11.2 Å². The zero-order valence-corrected chi connectivity index (χ0v) is 14.0. The number of piperidine rings is 1. The number of carbonyl (C=O) groups excluding carboxylic acids is 2. The molecule has 2 heterocycles. The summed E-state index contributed by atoms with van der Waals surface area (Å²) in [5.41, 5.74) is -1.65. The summed E-state index contributed by atoms with van der Waals surface area (Å²) in [5, 5.41) is 9.07. The first-order valence-electron chi connectivity index (χ1n) is 7.77. The lowest BCUT2D eigenvalue weighted by Gasteiger charge is -2.32. The molecule has 25 heavy (non-hydrogen) atoms. The molecule has 0 aliphatic carbocycles. The fourth-order valence-electron chi connectivity index (χ4n) is 2.70. The molecule has 1 saturated heterocycles. The number of carboxylic acid groups (broad SMARTS) is 1. The van der Waals surface area contributed by atoms with Crippen LogP contribution >= 0.6 is 0 Å². The number of amides is 2. The van der Waals surface area contributed by atoms with Gasteiger partial charge in [0.15, 0.2) is 0 Å². The minimum Gasteiger partial charge on any atom is -0.481 e. The maximum absolute atomic E-state index is 12.3. The van der Waals surface area contributed by atoms with Crippen molar-refractivity contribution in [1.29, 1.82) is 0 Å². The summed E-state index contributed by atoms with van der Waals surface area (Å²) in [7, 11) is 2.60. The van der Waals surface area contributed by atoms with E-state index in [1.54, 1.807) is 0 Å². The molecule has 0 radical (unpaired) electrons. The summed E-state index contributed by atoms with van der Waals surface area (Å²) in [6.07, 6.45) is 2.12. The van der Waals surface area contributed by atoms with Crippen LogP contribution in [-0.2, 0) is 16.6 Å². The Hall–Kier alpha value is -2.91. The molecule has 10 heteroatoms. The van der Waals surface area contributed by atoms with Gasteiger partial charge in [0, 0.05) is 33.4 Å². The number of hydrogen-bond donors (Lipinski definition) is 2. The van der Waals surface area contributed by atoms with Crippen molar-refractivity contribution >= 4 is 17.8 Å². The molecule has 2 rings (SSSR count).